The third-order valence-corrected chi connectivity index (χ3v) is 3.83. The van der Waals surface area contributed by atoms with E-state index in [1.54, 1.807) is 7.05 Å². The average Bonchev–Trinajstić information content (AvgIpc) is 2.97. The van der Waals surface area contributed by atoms with Gasteiger partial charge in [-0.1, -0.05) is 19.0 Å². The lowest BCUT2D eigenvalue weighted by Gasteiger charge is -2.13. The molecule has 0 fully saturated rings. The Morgan fingerprint density at radius 2 is 2.00 bits per heavy atom. The number of nitrogens with zero attached hydrogens (tertiary/aromatic N) is 2. The van der Waals surface area contributed by atoms with E-state index >= 15 is 0 Å². The van der Waals surface area contributed by atoms with Gasteiger partial charge in [-0.05, 0) is 18.1 Å². The molecule has 0 aliphatic carbocycles. The Kier molecular flexibility index (Phi) is 5.42. The minimum absolute atomic E-state index is 0.344. The summed E-state index contributed by atoms with van der Waals surface area (Å²) in [4.78, 5) is 4.23. The molecule has 0 saturated carbocycles. The molecule has 0 bridgehead atoms. The minimum atomic E-state index is 0.344. The maximum atomic E-state index is 5.71. The number of hydrogen-bond donors (Lipinski definition) is 2. The molecule has 0 amide bonds. The van der Waals surface area contributed by atoms with Crippen molar-refractivity contribution in [1.82, 2.24) is 10.5 Å². The van der Waals surface area contributed by atoms with Gasteiger partial charge in [0.15, 0.2) is 23.2 Å². The van der Waals surface area contributed by atoms with E-state index in [0.29, 0.717) is 31.6 Å². The van der Waals surface area contributed by atoms with Crippen molar-refractivity contribution < 1.29 is 14.0 Å². The summed E-state index contributed by atoms with van der Waals surface area (Å²) in [5.41, 5.74) is 1.82. The number of nitrogens with one attached hydrogen (secondary N) is 2. The highest BCUT2D eigenvalue weighted by molar-refractivity contribution is 5.93. The van der Waals surface area contributed by atoms with Crippen LogP contribution in [0.1, 0.15) is 37.6 Å². The lowest BCUT2D eigenvalue weighted by molar-refractivity contribution is 0.297. The van der Waals surface area contributed by atoms with Gasteiger partial charge in [-0.3, -0.25) is 4.99 Å². The van der Waals surface area contributed by atoms with Crippen LogP contribution in [0.3, 0.4) is 0 Å². The molecule has 0 saturated heterocycles. The van der Waals surface area contributed by atoms with Crippen molar-refractivity contribution in [3.05, 3.63) is 35.7 Å². The molecule has 1 aliphatic rings. The average molecular weight is 344 g/mol. The van der Waals surface area contributed by atoms with Gasteiger partial charge in [-0.25, -0.2) is 0 Å². The van der Waals surface area contributed by atoms with E-state index in [-0.39, 0.29) is 0 Å². The second-order valence-corrected chi connectivity index (χ2v) is 6.14. The van der Waals surface area contributed by atoms with Gasteiger partial charge in [0.05, 0.1) is 25.5 Å². The molecule has 7 heteroatoms. The summed E-state index contributed by atoms with van der Waals surface area (Å²) >= 11 is 0. The number of benzene rings is 1. The van der Waals surface area contributed by atoms with Gasteiger partial charge in [-0.15, -0.1) is 0 Å². The number of rotatable bonds is 4. The number of aliphatic imine (C=N–C) groups is 1. The smallest absolute Gasteiger partial charge is 0.195 e. The fourth-order valence-electron chi connectivity index (χ4n) is 2.41. The minimum Gasteiger partial charge on any atom is -0.490 e. The Hall–Kier alpha value is -2.70. The van der Waals surface area contributed by atoms with E-state index in [1.165, 1.54) is 0 Å². The lowest BCUT2D eigenvalue weighted by atomic mass is 10.1. The van der Waals surface area contributed by atoms with E-state index in [9.17, 15) is 0 Å². The third kappa shape index (κ3) is 4.43. The molecule has 3 rings (SSSR count). The van der Waals surface area contributed by atoms with Gasteiger partial charge in [0.25, 0.3) is 0 Å². The molecule has 1 aliphatic heterocycles. The van der Waals surface area contributed by atoms with E-state index in [2.05, 4.69) is 34.6 Å². The van der Waals surface area contributed by atoms with E-state index in [1.807, 2.05) is 24.3 Å². The Morgan fingerprint density at radius 3 is 2.72 bits per heavy atom. The normalized spacial score (nSPS) is 14.3. The first-order valence-corrected chi connectivity index (χ1v) is 8.48. The number of fused-ring (bicyclic) bond motifs is 1. The molecule has 25 heavy (non-hydrogen) atoms. The summed E-state index contributed by atoms with van der Waals surface area (Å²) in [6.45, 7) is 6.01. The molecular formula is C18H24N4O3. The van der Waals surface area contributed by atoms with Gasteiger partial charge >= 0.3 is 0 Å². The molecule has 2 aromatic rings. The molecule has 7 nitrogen and oxygen atoms in total. The van der Waals surface area contributed by atoms with E-state index < -0.39 is 0 Å². The summed E-state index contributed by atoms with van der Waals surface area (Å²) in [7, 11) is 1.72. The quantitative estimate of drug-likeness (QED) is 0.655. The molecule has 1 aromatic heterocycles. The Morgan fingerprint density at radius 1 is 1.20 bits per heavy atom. The Bertz CT molecular complexity index is 740. The van der Waals surface area contributed by atoms with Crippen molar-refractivity contribution >= 4 is 11.6 Å². The highest BCUT2D eigenvalue weighted by atomic mass is 16.5. The van der Waals surface area contributed by atoms with Crippen LogP contribution in [0, 0.1) is 0 Å². The Balaban J connectivity index is 1.61. The van der Waals surface area contributed by atoms with Crippen molar-refractivity contribution in [1.29, 1.82) is 0 Å². The van der Waals surface area contributed by atoms with Crippen molar-refractivity contribution in [2.24, 2.45) is 4.99 Å². The van der Waals surface area contributed by atoms with Crippen LogP contribution in [-0.2, 0) is 6.54 Å². The summed E-state index contributed by atoms with van der Waals surface area (Å²) < 4.78 is 16.7. The van der Waals surface area contributed by atoms with Crippen LogP contribution in [0.25, 0.3) is 0 Å². The SMILES string of the molecule is CN=C(NCc1cc(C(C)C)no1)Nc1ccc2c(c1)OCCCO2. The fraction of sp³-hybridized carbons (Fsp3) is 0.444. The second kappa shape index (κ2) is 7.92. The van der Waals surface area contributed by atoms with Gasteiger partial charge < -0.3 is 24.6 Å². The van der Waals surface area contributed by atoms with Gasteiger partial charge in [0.1, 0.15) is 0 Å². The third-order valence-electron chi connectivity index (χ3n) is 3.83. The fourth-order valence-corrected chi connectivity index (χ4v) is 2.41. The van der Waals surface area contributed by atoms with Crippen LogP contribution in [0.5, 0.6) is 11.5 Å². The van der Waals surface area contributed by atoms with Crippen LogP contribution in [0.4, 0.5) is 5.69 Å². The summed E-state index contributed by atoms with van der Waals surface area (Å²) in [6.07, 6.45) is 0.885. The lowest BCUT2D eigenvalue weighted by Crippen LogP contribution is -2.30. The van der Waals surface area contributed by atoms with Gasteiger partial charge in [-0.2, -0.15) is 0 Å². The molecule has 134 valence electrons. The summed E-state index contributed by atoms with van der Waals surface area (Å²) in [5.74, 6) is 3.27. The summed E-state index contributed by atoms with van der Waals surface area (Å²) in [6, 6.07) is 7.71. The highest BCUT2D eigenvalue weighted by Gasteiger charge is 2.12. The van der Waals surface area contributed by atoms with Crippen molar-refractivity contribution in [2.45, 2.75) is 32.7 Å². The van der Waals surface area contributed by atoms with Crippen LogP contribution < -0.4 is 20.1 Å². The zero-order valence-corrected chi connectivity index (χ0v) is 14.8. The molecule has 0 radical (unpaired) electrons. The first kappa shape index (κ1) is 17.1. The topological polar surface area (TPSA) is 80.9 Å². The first-order valence-electron chi connectivity index (χ1n) is 8.48. The molecule has 1 aromatic carbocycles. The predicted molar refractivity (Wildman–Crippen MR) is 96.5 cm³/mol. The van der Waals surface area contributed by atoms with Gasteiger partial charge in [0, 0.05) is 31.3 Å². The van der Waals surface area contributed by atoms with Crippen molar-refractivity contribution in [2.75, 3.05) is 25.6 Å². The zero-order valence-electron chi connectivity index (χ0n) is 14.8. The number of ether oxygens (including phenoxy) is 2. The molecule has 0 spiro atoms. The van der Waals surface area contributed by atoms with Crippen molar-refractivity contribution in [3.8, 4) is 11.5 Å². The maximum absolute atomic E-state index is 5.71. The molecule has 2 heterocycles. The van der Waals surface area contributed by atoms with Gasteiger partial charge in [0.2, 0.25) is 0 Å². The molecule has 0 unspecified atom stereocenters. The van der Waals surface area contributed by atoms with Crippen LogP contribution in [0.15, 0.2) is 33.8 Å². The van der Waals surface area contributed by atoms with Crippen molar-refractivity contribution in [3.63, 3.8) is 0 Å². The van der Waals surface area contributed by atoms with Crippen LogP contribution in [-0.4, -0.2) is 31.4 Å². The maximum Gasteiger partial charge on any atom is 0.195 e. The second-order valence-electron chi connectivity index (χ2n) is 6.14. The first-order chi connectivity index (χ1) is 12.2. The largest absolute Gasteiger partial charge is 0.490 e. The highest BCUT2D eigenvalue weighted by Crippen LogP contribution is 2.32. The summed E-state index contributed by atoms with van der Waals surface area (Å²) in [5, 5.41) is 10.5. The molecular weight excluding hydrogens is 320 g/mol. The number of aromatic nitrogens is 1. The van der Waals surface area contributed by atoms with E-state index in [0.717, 1.165) is 35.1 Å². The number of hydrogen-bond acceptors (Lipinski definition) is 5. The van der Waals surface area contributed by atoms with Crippen LogP contribution >= 0.6 is 0 Å². The standard InChI is InChI=1S/C18H24N4O3/c1-12(2)15-10-14(25-22-15)11-20-18(19-3)21-13-5-6-16-17(9-13)24-8-4-7-23-16/h5-6,9-10,12H,4,7-8,11H2,1-3H3,(H2,19,20,21). The number of anilines is 1. The monoisotopic (exact) mass is 344 g/mol. The van der Waals surface area contributed by atoms with Crippen LogP contribution in [0.2, 0.25) is 0 Å². The van der Waals surface area contributed by atoms with E-state index in [4.69, 9.17) is 14.0 Å². The predicted octanol–water partition coefficient (Wildman–Crippen LogP) is 3.15. The molecule has 2 N–H and O–H groups in total. The Labute approximate surface area is 147 Å². The molecule has 0 atom stereocenters. The zero-order chi connectivity index (χ0) is 17.6. The number of guanidine groups is 1.